The molecule has 0 fully saturated rings. The number of hydrogen-bond acceptors (Lipinski definition) is 5. The number of methoxy groups -OCH3 is 1. The molecule has 0 heterocycles. The topological polar surface area (TPSA) is 90.7 Å². The Balaban J connectivity index is 3.36. The third-order valence-corrected chi connectivity index (χ3v) is 1.30. The first kappa shape index (κ1) is 14.0. The van der Waals surface area contributed by atoms with Crippen LogP contribution in [0, 0.1) is 11.8 Å². The second-order valence-corrected chi connectivity index (χ2v) is 2.54. The molecule has 6 nitrogen and oxygen atoms in total. The molecular formula is C10H14N2O4. The average molecular weight is 226 g/mol. The normalized spacial score (nSPS) is 9.31. The number of carbonyl (C=O) groups excluding carboxylic acids is 2. The number of rotatable bonds is 6. The molecule has 6 heteroatoms. The first-order valence-corrected chi connectivity index (χ1v) is 4.50. The van der Waals surface area contributed by atoms with Crippen LogP contribution in [-0.2, 0) is 19.1 Å². The third-order valence-electron chi connectivity index (χ3n) is 1.30. The number of amides is 1. The van der Waals surface area contributed by atoms with Crippen molar-refractivity contribution in [2.45, 2.75) is 6.42 Å². The van der Waals surface area contributed by atoms with E-state index in [2.05, 4.69) is 21.9 Å². The van der Waals surface area contributed by atoms with Gasteiger partial charge in [-0.15, -0.1) is 0 Å². The van der Waals surface area contributed by atoms with E-state index in [9.17, 15) is 9.59 Å². The maximum atomic E-state index is 10.5. The van der Waals surface area contributed by atoms with Crippen LogP contribution in [-0.4, -0.2) is 32.3 Å². The molecule has 0 aliphatic heterocycles. The Morgan fingerprint density at radius 1 is 1.50 bits per heavy atom. The molecule has 0 atom stereocenters. The zero-order valence-corrected chi connectivity index (χ0v) is 8.99. The van der Waals surface area contributed by atoms with E-state index in [1.165, 1.54) is 19.4 Å². The van der Waals surface area contributed by atoms with Gasteiger partial charge < -0.3 is 20.5 Å². The maximum absolute atomic E-state index is 10.5. The number of esters is 1. The van der Waals surface area contributed by atoms with Crippen LogP contribution in [0.25, 0.3) is 0 Å². The van der Waals surface area contributed by atoms with Crippen LogP contribution in [0.3, 0.4) is 0 Å². The van der Waals surface area contributed by atoms with E-state index in [0.29, 0.717) is 13.0 Å². The molecule has 0 bridgehead atoms. The molecule has 0 saturated heterocycles. The maximum Gasteiger partial charge on any atom is 0.384 e. The first-order valence-electron chi connectivity index (χ1n) is 4.50. The fourth-order valence-electron chi connectivity index (χ4n) is 0.629. The van der Waals surface area contributed by atoms with Crippen LogP contribution in [0.15, 0.2) is 12.3 Å². The monoisotopic (exact) mass is 226 g/mol. The molecule has 0 aliphatic rings. The van der Waals surface area contributed by atoms with Gasteiger partial charge in [-0.25, -0.2) is 4.79 Å². The molecule has 0 rings (SSSR count). The van der Waals surface area contributed by atoms with E-state index < -0.39 is 11.9 Å². The highest BCUT2D eigenvalue weighted by atomic mass is 16.5. The number of ether oxygens (including phenoxy) is 2. The van der Waals surface area contributed by atoms with Gasteiger partial charge in [0.05, 0.1) is 13.7 Å². The van der Waals surface area contributed by atoms with Crippen LogP contribution in [0.4, 0.5) is 0 Å². The van der Waals surface area contributed by atoms with Gasteiger partial charge in [0.1, 0.15) is 6.73 Å². The highest BCUT2D eigenvalue weighted by molar-refractivity contribution is 5.88. The molecule has 1 amide bonds. The van der Waals surface area contributed by atoms with Gasteiger partial charge in [-0.1, -0.05) is 5.92 Å². The zero-order valence-electron chi connectivity index (χ0n) is 8.99. The van der Waals surface area contributed by atoms with Crippen molar-refractivity contribution in [1.29, 1.82) is 0 Å². The average Bonchev–Trinajstić information content (AvgIpc) is 2.26. The molecule has 0 aromatic rings. The Labute approximate surface area is 93.8 Å². The first-order chi connectivity index (χ1) is 7.66. The lowest BCUT2D eigenvalue weighted by atomic mass is 10.4. The van der Waals surface area contributed by atoms with Crippen molar-refractivity contribution in [2.24, 2.45) is 5.73 Å². The molecular weight excluding hydrogens is 212 g/mol. The highest BCUT2D eigenvalue weighted by Crippen LogP contribution is 1.79. The number of nitrogens with one attached hydrogen (secondary N) is 1. The lowest BCUT2D eigenvalue weighted by Crippen LogP contribution is -2.14. The standard InChI is InChI=1S/C10H14N2O4/c1-15-10(14)4-2-3-7-16-8-12-6-5-9(11)13/h5-6,12H,3,7-8H2,1H3,(H2,11,13)/b6-5-. The highest BCUT2D eigenvalue weighted by Gasteiger charge is 1.88. The van der Waals surface area contributed by atoms with E-state index in [-0.39, 0.29) is 6.73 Å². The molecule has 3 N–H and O–H groups in total. The van der Waals surface area contributed by atoms with Gasteiger partial charge in [0.15, 0.2) is 0 Å². The van der Waals surface area contributed by atoms with Gasteiger partial charge in [0.2, 0.25) is 5.91 Å². The number of carbonyl (C=O) groups is 2. The lowest BCUT2D eigenvalue weighted by Gasteiger charge is -2.00. The minimum absolute atomic E-state index is 0.240. The van der Waals surface area contributed by atoms with E-state index >= 15 is 0 Å². The summed E-state index contributed by atoms with van der Waals surface area (Å²) in [6, 6.07) is 0. The van der Waals surface area contributed by atoms with Crippen LogP contribution in [0.2, 0.25) is 0 Å². The summed E-state index contributed by atoms with van der Waals surface area (Å²) in [5.41, 5.74) is 4.85. The molecule has 16 heavy (non-hydrogen) atoms. The van der Waals surface area contributed by atoms with Crippen molar-refractivity contribution in [3.05, 3.63) is 12.3 Å². The number of hydrogen-bond donors (Lipinski definition) is 2. The molecule has 88 valence electrons. The molecule has 0 spiro atoms. The van der Waals surface area contributed by atoms with Crippen molar-refractivity contribution in [3.8, 4) is 11.8 Å². The smallest absolute Gasteiger partial charge is 0.384 e. The van der Waals surface area contributed by atoms with Gasteiger partial charge in [-0.05, 0) is 0 Å². The Kier molecular flexibility index (Phi) is 8.36. The Bertz CT molecular complexity index is 315. The van der Waals surface area contributed by atoms with Crippen molar-refractivity contribution in [1.82, 2.24) is 5.32 Å². The third kappa shape index (κ3) is 10.1. The summed E-state index contributed by atoms with van der Waals surface area (Å²) < 4.78 is 9.38. The fourth-order valence-corrected chi connectivity index (χ4v) is 0.629. The van der Waals surface area contributed by atoms with Crippen molar-refractivity contribution in [3.63, 3.8) is 0 Å². The zero-order chi connectivity index (χ0) is 12.2. The summed E-state index contributed by atoms with van der Waals surface area (Å²) in [6.07, 6.45) is 3.00. The largest absolute Gasteiger partial charge is 0.459 e. The summed E-state index contributed by atoms with van der Waals surface area (Å²) in [6.45, 7) is 0.616. The Morgan fingerprint density at radius 3 is 2.88 bits per heavy atom. The SMILES string of the molecule is COC(=O)C#CCCOCN/C=C\C(N)=O. The Morgan fingerprint density at radius 2 is 2.25 bits per heavy atom. The lowest BCUT2D eigenvalue weighted by molar-refractivity contribution is -0.133. The van der Waals surface area contributed by atoms with Gasteiger partial charge >= 0.3 is 5.97 Å². The van der Waals surface area contributed by atoms with E-state index in [4.69, 9.17) is 10.5 Å². The summed E-state index contributed by atoms with van der Waals surface area (Å²) in [4.78, 5) is 20.8. The predicted molar refractivity (Wildman–Crippen MR) is 56.7 cm³/mol. The second kappa shape index (κ2) is 9.55. The molecule has 0 aromatic carbocycles. The van der Waals surface area contributed by atoms with Crippen LogP contribution < -0.4 is 11.1 Å². The fraction of sp³-hybridized carbons (Fsp3) is 0.400. The van der Waals surface area contributed by atoms with E-state index in [1.54, 1.807) is 0 Å². The van der Waals surface area contributed by atoms with E-state index in [1.807, 2.05) is 0 Å². The number of primary amides is 1. The van der Waals surface area contributed by atoms with Gasteiger partial charge in [-0.2, -0.15) is 0 Å². The molecule has 0 aromatic heterocycles. The van der Waals surface area contributed by atoms with Gasteiger partial charge in [-0.3, -0.25) is 4.79 Å². The molecule has 0 aliphatic carbocycles. The van der Waals surface area contributed by atoms with Crippen LogP contribution >= 0.6 is 0 Å². The van der Waals surface area contributed by atoms with Crippen LogP contribution in [0.5, 0.6) is 0 Å². The summed E-state index contributed by atoms with van der Waals surface area (Å²) in [5, 5.41) is 2.68. The Hall–Kier alpha value is -2.00. The molecule has 0 unspecified atom stereocenters. The molecule has 0 radical (unpaired) electrons. The quantitative estimate of drug-likeness (QED) is 0.153. The summed E-state index contributed by atoms with van der Waals surface area (Å²) in [5.74, 6) is 3.74. The minimum Gasteiger partial charge on any atom is -0.459 e. The predicted octanol–water partition coefficient (Wildman–Crippen LogP) is -0.884. The summed E-state index contributed by atoms with van der Waals surface area (Å²) >= 11 is 0. The van der Waals surface area contributed by atoms with Crippen molar-refractivity contribution < 1.29 is 19.1 Å². The van der Waals surface area contributed by atoms with Crippen molar-refractivity contribution in [2.75, 3.05) is 20.4 Å². The van der Waals surface area contributed by atoms with Gasteiger partial charge in [0.25, 0.3) is 0 Å². The molecule has 0 saturated carbocycles. The number of nitrogens with two attached hydrogens (primary N) is 1. The van der Waals surface area contributed by atoms with E-state index in [0.717, 1.165) is 0 Å². The second-order valence-electron chi connectivity index (χ2n) is 2.54. The van der Waals surface area contributed by atoms with Crippen molar-refractivity contribution >= 4 is 11.9 Å². The van der Waals surface area contributed by atoms with Crippen LogP contribution in [0.1, 0.15) is 6.42 Å². The minimum atomic E-state index is -0.567. The summed E-state index contributed by atoms with van der Waals surface area (Å²) in [7, 11) is 1.27. The van der Waals surface area contributed by atoms with Gasteiger partial charge in [0, 0.05) is 24.6 Å².